The van der Waals surface area contributed by atoms with Crippen molar-refractivity contribution in [3.63, 3.8) is 0 Å². The molecular weight excluding hydrogens is 194 g/mol. The van der Waals surface area contributed by atoms with Gasteiger partial charge in [0.05, 0.1) is 0 Å². The lowest BCUT2D eigenvalue weighted by Crippen LogP contribution is -2.46. The highest BCUT2D eigenvalue weighted by Gasteiger charge is 2.43. The molecule has 4 heteroatoms. The van der Waals surface area contributed by atoms with E-state index in [2.05, 4.69) is 5.32 Å². The Kier molecular flexibility index (Phi) is 2.60. The lowest BCUT2D eigenvalue weighted by Gasteiger charge is -2.24. The van der Waals surface area contributed by atoms with E-state index in [0.29, 0.717) is 25.3 Å². The van der Waals surface area contributed by atoms with Gasteiger partial charge >= 0.3 is 5.97 Å². The number of carboxylic acids is 1. The van der Waals surface area contributed by atoms with Crippen molar-refractivity contribution in [1.29, 1.82) is 0 Å². The maximum Gasteiger partial charge on any atom is 0.349 e. The van der Waals surface area contributed by atoms with Gasteiger partial charge in [-0.15, -0.1) is 0 Å². The summed E-state index contributed by atoms with van der Waals surface area (Å²) in [7, 11) is 0. The predicted octanol–water partition coefficient (Wildman–Crippen LogP) is 0.882. The Bertz CT molecular complexity index is 344. The van der Waals surface area contributed by atoms with E-state index in [-0.39, 0.29) is 0 Å². The van der Waals surface area contributed by atoms with Gasteiger partial charge < -0.3 is 15.2 Å². The number of benzene rings is 1. The lowest BCUT2D eigenvalue weighted by atomic mass is 10.0. The number of nitrogens with one attached hydrogen (secondary N) is 1. The minimum absolute atomic E-state index is 0.358. The van der Waals surface area contributed by atoms with E-state index in [0.717, 1.165) is 0 Å². The molecule has 1 fully saturated rings. The van der Waals surface area contributed by atoms with E-state index in [4.69, 9.17) is 9.84 Å². The molecule has 1 saturated heterocycles. The van der Waals surface area contributed by atoms with Crippen molar-refractivity contribution in [3.05, 3.63) is 30.3 Å². The summed E-state index contributed by atoms with van der Waals surface area (Å²) in [6.45, 7) is 1.04. The average Bonchev–Trinajstić information content (AvgIpc) is 2.69. The van der Waals surface area contributed by atoms with Crippen molar-refractivity contribution in [2.45, 2.75) is 12.0 Å². The summed E-state index contributed by atoms with van der Waals surface area (Å²) in [4.78, 5) is 11.2. The summed E-state index contributed by atoms with van der Waals surface area (Å²) in [6.07, 6.45) is 0.497. The van der Waals surface area contributed by atoms with Crippen LogP contribution in [0, 0.1) is 0 Å². The number of hydrogen-bond donors (Lipinski definition) is 2. The van der Waals surface area contributed by atoms with Crippen LogP contribution in [0.3, 0.4) is 0 Å². The molecule has 1 aromatic carbocycles. The van der Waals surface area contributed by atoms with Crippen LogP contribution in [-0.2, 0) is 4.79 Å². The Morgan fingerprint density at radius 3 is 2.67 bits per heavy atom. The number of aliphatic carboxylic acids is 1. The third kappa shape index (κ3) is 1.94. The summed E-state index contributed by atoms with van der Waals surface area (Å²) in [5.74, 6) is -0.306. The third-order valence-corrected chi connectivity index (χ3v) is 2.56. The highest BCUT2D eigenvalue weighted by molar-refractivity contribution is 5.78. The second-order valence-electron chi connectivity index (χ2n) is 3.64. The van der Waals surface area contributed by atoms with Crippen LogP contribution in [0.2, 0.25) is 0 Å². The molecule has 1 aromatic rings. The monoisotopic (exact) mass is 207 g/mol. The molecule has 15 heavy (non-hydrogen) atoms. The molecule has 1 atom stereocenters. The van der Waals surface area contributed by atoms with Gasteiger partial charge in [-0.05, 0) is 18.7 Å². The van der Waals surface area contributed by atoms with Crippen LogP contribution in [0.25, 0.3) is 0 Å². The molecule has 0 aromatic heterocycles. The molecule has 0 aliphatic carbocycles. The maximum atomic E-state index is 11.2. The van der Waals surface area contributed by atoms with E-state index in [1.165, 1.54) is 0 Å². The largest absolute Gasteiger partial charge is 0.478 e. The van der Waals surface area contributed by atoms with E-state index in [1.54, 1.807) is 12.1 Å². The second kappa shape index (κ2) is 3.90. The first-order valence-electron chi connectivity index (χ1n) is 4.91. The summed E-state index contributed by atoms with van der Waals surface area (Å²) >= 11 is 0. The van der Waals surface area contributed by atoms with Crippen LogP contribution >= 0.6 is 0 Å². The van der Waals surface area contributed by atoms with Crippen molar-refractivity contribution >= 4 is 5.97 Å². The second-order valence-corrected chi connectivity index (χ2v) is 3.64. The number of hydrogen-bond acceptors (Lipinski definition) is 3. The van der Waals surface area contributed by atoms with Crippen LogP contribution in [0.1, 0.15) is 6.42 Å². The molecule has 0 radical (unpaired) electrons. The number of carbonyl (C=O) groups is 1. The molecule has 80 valence electrons. The van der Waals surface area contributed by atoms with Gasteiger partial charge in [-0.1, -0.05) is 18.2 Å². The van der Waals surface area contributed by atoms with Crippen molar-refractivity contribution in [3.8, 4) is 5.75 Å². The number of para-hydroxylation sites is 1. The summed E-state index contributed by atoms with van der Waals surface area (Å²) in [6, 6.07) is 9.06. The van der Waals surface area contributed by atoms with Gasteiger partial charge in [0.25, 0.3) is 0 Å². The topological polar surface area (TPSA) is 58.6 Å². The quantitative estimate of drug-likeness (QED) is 0.772. The zero-order chi connectivity index (χ0) is 10.7. The third-order valence-electron chi connectivity index (χ3n) is 2.56. The molecule has 1 unspecified atom stereocenters. The van der Waals surface area contributed by atoms with Crippen LogP contribution in [0.4, 0.5) is 0 Å². The molecule has 1 aliphatic heterocycles. The van der Waals surface area contributed by atoms with Crippen LogP contribution < -0.4 is 10.1 Å². The highest BCUT2D eigenvalue weighted by atomic mass is 16.5. The SMILES string of the molecule is O=C(O)C1(Oc2ccccc2)CCNC1. The molecule has 0 amide bonds. The van der Waals surface area contributed by atoms with Crippen LogP contribution in [0.15, 0.2) is 30.3 Å². The molecule has 0 saturated carbocycles. The molecule has 1 aliphatic rings. The first kappa shape index (κ1) is 9.98. The van der Waals surface area contributed by atoms with Gasteiger partial charge in [0.1, 0.15) is 5.75 Å². The minimum atomic E-state index is -1.10. The Morgan fingerprint density at radius 2 is 2.13 bits per heavy atom. The molecule has 0 spiro atoms. The Labute approximate surface area is 87.9 Å². The zero-order valence-electron chi connectivity index (χ0n) is 8.27. The first-order valence-corrected chi connectivity index (χ1v) is 4.91. The van der Waals surface area contributed by atoms with Gasteiger partial charge in [0.15, 0.2) is 0 Å². The first-order chi connectivity index (χ1) is 7.23. The van der Waals surface area contributed by atoms with Crippen molar-refractivity contribution in [2.24, 2.45) is 0 Å². The minimum Gasteiger partial charge on any atom is -0.478 e. The van der Waals surface area contributed by atoms with Gasteiger partial charge in [-0.25, -0.2) is 4.79 Å². The smallest absolute Gasteiger partial charge is 0.349 e. The van der Waals surface area contributed by atoms with Gasteiger partial charge in [0, 0.05) is 13.0 Å². The number of rotatable bonds is 3. The number of ether oxygens (including phenoxy) is 1. The molecule has 4 nitrogen and oxygen atoms in total. The highest BCUT2D eigenvalue weighted by Crippen LogP contribution is 2.24. The van der Waals surface area contributed by atoms with E-state index >= 15 is 0 Å². The van der Waals surface area contributed by atoms with Crippen molar-refractivity contribution < 1.29 is 14.6 Å². The van der Waals surface area contributed by atoms with Gasteiger partial charge in [-0.3, -0.25) is 0 Å². The molecule has 1 heterocycles. The van der Waals surface area contributed by atoms with Gasteiger partial charge in [0.2, 0.25) is 5.60 Å². The van der Waals surface area contributed by atoms with Crippen LogP contribution in [0.5, 0.6) is 5.75 Å². The summed E-state index contributed by atoms with van der Waals surface area (Å²) < 4.78 is 5.56. The normalized spacial score (nSPS) is 25.1. The zero-order valence-corrected chi connectivity index (χ0v) is 8.27. The number of carboxylic acid groups (broad SMARTS) is 1. The lowest BCUT2D eigenvalue weighted by molar-refractivity contribution is -0.153. The Morgan fingerprint density at radius 1 is 1.40 bits per heavy atom. The summed E-state index contributed by atoms with van der Waals surface area (Å²) in [5, 5.41) is 12.2. The van der Waals surface area contributed by atoms with E-state index in [9.17, 15) is 4.79 Å². The Balaban J connectivity index is 2.18. The maximum absolute atomic E-state index is 11.2. The standard InChI is InChI=1S/C11H13NO3/c13-10(14)11(6-7-12-8-11)15-9-4-2-1-3-5-9/h1-5,12H,6-8H2,(H,13,14). The average molecular weight is 207 g/mol. The molecule has 0 bridgehead atoms. The van der Waals surface area contributed by atoms with E-state index in [1.807, 2.05) is 18.2 Å². The van der Waals surface area contributed by atoms with Crippen molar-refractivity contribution in [2.75, 3.05) is 13.1 Å². The Hall–Kier alpha value is -1.55. The van der Waals surface area contributed by atoms with E-state index < -0.39 is 11.6 Å². The van der Waals surface area contributed by atoms with Crippen LogP contribution in [-0.4, -0.2) is 29.8 Å². The fourth-order valence-electron chi connectivity index (χ4n) is 1.70. The fourth-order valence-corrected chi connectivity index (χ4v) is 1.70. The molecule has 2 N–H and O–H groups in total. The van der Waals surface area contributed by atoms with Crippen molar-refractivity contribution in [1.82, 2.24) is 5.32 Å². The fraction of sp³-hybridized carbons (Fsp3) is 0.364. The summed E-state index contributed by atoms with van der Waals surface area (Å²) in [5.41, 5.74) is -1.10. The van der Waals surface area contributed by atoms with Gasteiger partial charge in [-0.2, -0.15) is 0 Å². The molecular formula is C11H13NO3. The molecule has 2 rings (SSSR count). The predicted molar refractivity (Wildman–Crippen MR) is 54.9 cm³/mol.